The Morgan fingerprint density at radius 1 is 1.15 bits per heavy atom. The molecule has 3 heterocycles. The number of rotatable bonds is 3. The van der Waals surface area contributed by atoms with Crippen LogP contribution in [-0.4, -0.2) is 70.9 Å². The molecule has 33 heavy (non-hydrogen) atoms. The lowest BCUT2D eigenvalue weighted by Crippen LogP contribution is -2.50. The van der Waals surface area contributed by atoms with Crippen LogP contribution in [0.25, 0.3) is 11.4 Å². The molecular weight excluding hydrogens is 420 g/mol. The fourth-order valence-corrected chi connectivity index (χ4v) is 3.74. The molecule has 1 amide bonds. The molecule has 4 rings (SSSR count). The van der Waals surface area contributed by atoms with Crippen molar-refractivity contribution in [3.05, 3.63) is 47.6 Å². The smallest absolute Gasteiger partial charge is 0.300 e. The Kier molecular flexibility index (Phi) is 6.31. The van der Waals surface area contributed by atoms with Crippen molar-refractivity contribution in [1.82, 2.24) is 19.9 Å². The Morgan fingerprint density at radius 2 is 1.85 bits per heavy atom. The number of carbonyl (C=O) groups is 1. The number of carbonyl (C=O) groups excluding carboxylic acids is 1. The molecule has 0 bridgehead atoms. The summed E-state index contributed by atoms with van der Waals surface area (Å²) < 4.78 is 11.2. The maximum atomic E-state index is 13.0. The first-order chi connectivity index (χ1) is 15.8. The highest BCUT2D eigenvalue weighted by molar-refractivity contribution is 6.09. The Hall–Kier alpha value is -3.49. The number of amidine groups is 2. The van der Waals surface area contributed by atoms with Crippen molar-refractivity contribution in [3.8, 4) is 11.4 Å². The molecular formula is C24H30N6O3. The minimum Gasteiger partial charge on any atom is -0.422 e. The summed E-state index contributed by atoms with van der Waals surface area (Å²) >= 11 is 0. The summed E-state index contributed by atoms with van der Waals surface area (Å²) in [6.45, 7) is 10.8. The third kappa shape index (κ3) is 5.13. The number of aromatic nitrogens is 2. The van der Waals surface area contributed by atoms with E-state index in [0.29, 0.717) is 67.5 Å². The number of nitrogens with zero attached hydrogens (tertiary/aromatic N) is 6. The molecule has 2 aliphatic heterocycles. The van der Waals surface area contributed by atoms with Crippen molar-refractivity contribution in [2.24, 2.45) is 15.4 Å². The Balaban J connectivity index is 1.36. The van der Waals surface area contributed by atoms with Gasteiger partial charge in [-0.25, -0.2) is 0 Å². The Labute approximate surface area is 193 Å². The van der Waals surface area contributed by atoms with E-state index in [9.17, 15) is 4.79 Å². The number of piperazine rings is 1. The van der Waals surface area contributed by atoms with E-state index in [1.807, 2.05) is 47.1 Å². The minimum atomic E-state index is 0.00182. The second-order valence-electron chi connectivity index (χ2n) is 9.30. The quantitative estimate of drug-likeness (QED) is 0.711. The van der Waals surface area contributed by atoms with Crippen LogP contribution in [-0.2, 0) is 11.2 Å². The molecule has 2 aromatic rings. The van der Waals surface area contributed by atoms with E-state index < -0.39 is 0 Å². The second kappa shape index (κ2) is 9.17. The first-order valence-corrected chi connectivity index (χ1v) is 11.1. The maximum Gasteiger partial charge on any atom is 0.300 e. The normalized spacial score (nSPS) is 19.2. The topological polar surface area (TPSA) is 96.4 Å². The first kappa shape index (κ1) is 22.7. The third-order valence-corrected chi connectivity index (χ3v) is 5.47. The fraction of sp³-hybridized carbons (Fsp3) is 0.458. The van der Waals surface area contributed by atoms with E-state index in [0.717, 1.165) is 5.56 Å². The van der Waals surface area contributed by atoms with Crippen molar-refractivity contribution in [1.29, 1.82) is 0 Å². The summed E-state index contributed by atoms with van der Waals surface area (Å²) in [5.74, 6) is 2.42. The molecule has 1 aromatic heterocycles. The number of hydrogen-bond acceptors (Lipinski definition) is 7. The summed E-state index contributed by atoms with van der Waals surface area (Å²) in [4.78, 5) is 30.0. The van der Waals surface area contributed by atoms with E-state index in [1.165, 1.54) is 0 Å². The van der Waals surface area contributed by atoms with Gasteiger partial charge in [-0.1, -0.05) is 38.1 Å². The highest BCUT2D eigenvalue weighted by atomic mass is 16.5. The van der Waals surface area contributed by atoms with Gasteiger partial charge in [-0.15, -0.1) is 0 Å². The van der Waals surface area contributed by atoms with Crippen molar-refractivity contribution in [2.45, 2.75) is 34.1 Å². The van der Waals surface area contributed by atoms with Crippen molar-refractivity contribution in [2.75, 3.05) is 33.2 Å². The molecule has 0 N–H and O–H groups in total. The highest BCUT2D eigenvalue weighted by Gasteiger charge is 2.29. The SMILES string of the molecule is C/C=C1/OC(N2CCN(C(=O)c3ccc(-c4noc(CC(C)(C)C)n4)cc3)CC2)=NC1=NC. The van der Waals surface area contributed by atoms with Gasteiger partial charge in [0.15, 0.2) is 11.6 Å². The predicted octanol–water partition coefficient (Wildman–Crippen LogP) is 3.40. The maximum absolute atomic E-state index is 13.0. The lowest BCUT2D eigenvalue weighted by Gasteiger charge is -2.34. The van der Waals surface area contributed by atoms with Gasteiger partial charge in [0.25, 0.3) is 11.9 Å². The standard InChI is InChI=1S/C24H30N6O3/c1-6-18-21(25-5)27-23(32-18)30-13-11-29(12-14-30)22(31)17-9-7-16(8-10-17)20-26-19(33-28-20)15-24(2,3)4/h6-10H,11-15H2,1-5H3/b18-6+,25-21?. The van der Waals surface area contributed by atoms with Gasteiger partial charge in [0, 0.05) is 50.8 Å². The van der Waals surface area contributed by atoms with Crippen LogP contribution in [0, 0.1) is 5.41 Å². The summed E-state index contributed by atoms with van der Waals surface area (Å²) in [5.41, 5.74) is 1.53. The van der Waals surface area contributed by atoms with Gasteiger partial charge >= 0.3 is 0 Å². The van der Waals surface area contributed by atoms with Crippen molar-refractivity contribution in [3.63, 3.8) is 0 Å². The molecule has 0 atom stereocenters. The average Bonchev–Trinajstić information content (AvgIpc) is 3.44. The molecule has 0 radical (unpaired) electrons. The molecule has 9 nitrogen and oxygen atoms in total. The van der Waals surface area contributed by atoms with Crippen LogP contribution in [0.1, 0.15) is 43.9 Å². The summed E-state index contributed by atoms with van der Waals surface area (Å²) in [5, 5.41) is 4.08. The zero-order valence-electron chi connectivity index (χ0n) is 19.8. The van der Waals surface area contributed by atoms with E-state index in [-0.39, 0.29) is 11.3 Å². The predicted molar refractivity (Wildman–Crippen MR) is 126 cm³/mol. The summed E-state index contributed by atoms with van der Waals surface area (Å²) in [6.07, 6.45) is 2.56. The average molecular weight is 451 g/mol. The lowest BCUT2D eigenvalue weighted by molar-refractivity contribution is 0.0679. The highest BCUT2D eigenvalue weighted by Crippen LogP contribution is 2.23. The molecule has 0 spiro atoms. The minimum absolute atomic E-state index is 0.00182. The van der Waals surface area contributed by atoms with Crippen molar-refractivity contribution >= 4 is 17.8 Å². The van der Waals surface area contributed by atoms with Crippen LogP contribution >= 0.6 is 0 Å². The zero-order valence-corrected chi connectivity index (χ0v) is 19.8. The van der Waals surface area contributed by atoms with Gasteiger partial charge < -0.3 is 19.1 Å². The number of aliphatic imine (C=N–C) groups is 2. The van der Waals surface area contributed by atoms with Gasteiger partial charge in [0.05, 0.1) is 0 Å². The molecule has 0 saturated carbocycles. The first-order valence-electron chi connectivity index (χ1n) is 11.1. The molecule has 174 valence electrons. The molecule has 0 unspecified atom stereocenters. The molecule has 9 heteroatoms. The van der Waals surface area contributed by atoms with Crippen LogP contribution in [0.3, 0.4) is 0 Å². The number of hydrogen-bond donors (Lipinski definition) is 0. The van der Waals surface area contributed by atoms with Crippen LogP contribution in [0.2, 0.25) is 0 Å². The van der Waals surface area contributed by atoms with Crippen LogP contribution in [0.15, 0.2) is 50.6 Å². The second-order valence-corrected chi connectivity index (χ2v) is 9.30. The Morgan fingerprint density at radius 3 is 2.42 bits per heavy atom. The largest absolute Gasteiger partial charge is 0.422 e. The monoisotopic (exact) mass is 450 g/mol. The van der Waals surface area contributed by atoms with E-state index >= 15 is 0 Å². The van der Waals surface area contributed by atoms with E-state index in [2.05, 4.69) is 40.9 Å². The molecule has 1 aromatic carbocycles. The molecule has 2 aliphatic rings. The number of allylic oxidation sites excluding steroid dienone is 1. The summed E-state index contributed by atoms with van der Waals surface area (Å²) in [7, 11) is 1.69. The van der Waals surface area contributed by atoms with Crippen LogP contribution in [0.5, 0.6) is 0 Å². The van der Waals surface area contributed by atoms with Crippen molar-refractivity contribution < 1.29 is 14.1 Å². The van der Waals surface area contributed by atoms with Crippen LogP contribution in [0.4, 0.5) is 0 Å². The number of benzene rings is 1. The zero-order chi connectivity index (χ0) is 23.6. The van der Waals surface area contributed by atoms with Gasteiger partial charge in [0.1, 0.15) is 0 Å². The third-order valence-electron chi connectivity index (χ3n) is 5.47. The van der Waals surface area contributed by atoms with Gasteiger partial charge in [-0.2, -0.15) is 9.98 Å². The number of amides is 1. The molecule has 1 saturated heterocycles. The number of ether oxygens (including phenoxy) is 1. The lowest BCUT2D eigenvalue weighted by atomic mass is 9.92. The molecule has 1 fully saturated rings. The van der Waals surface area contributed by atoms with Crippen LogP contribution < -0.4 is 0 Å². The van der Waals surface area contributed by atoms with E-state index in [4.69, 9.17) is 9.26 Å². The van der Waals surface area contributed by atoms with Gasteiger partial charge in [-0.05, 0) is 30.5 Å². The van der Waals surface area contributed by atoms with E-state index in [1.54, 1.807) is 7.05 Å². The Bertz CT molecular complexity index is 1100. The van der Waals surface area contributed by atoms with Gasteiger partial charge in [0.2, 0.25) is 11.7 Å². The molecule has 0 aliphatic carbocycles. The summed E-state index contributed by atoms with van der Waals surface area (Å²) in [6, 6.07) is 7.90. The van der Waals surface area contributed by atoms with Gasteiger partial charge in [-0.3, -0.25) is 9.79 Å². The fourth-order valence-electron chi connectivity index (χ4n) is 3.74.